The fourth-order valence-corrected chi connectivity index (χ4v) is 3.49. The van der Waals surface area contributed by atoms with E-state index in [0.717, 1.165) is 6.54 Å². The number of phenols is 1. The average molecular weight is 218 g/mol. The Morgan fingerprint density at radius 1 is 1.31 bits per heavy atom. The molecule has 0 aromatic heterocycles. The van der Waals surface area contributed by atoms with Crippen molar-refractivity contribution < 1.29 is 5.11 Å². The van der Waals surface area contributed by atoms with Gasteiger partial charge in [0.15, 0.2) is 0 Å². The summed E-state index contributed by atoms with van der Waals surface area (Å²) in [6, 6.07) is 8.78. The Kier molecular flexibility index (Phi) is 2.37. The van der Waals surface area contributed by atoms with Crippen molar-refractivity contribution in [2.24, 2.45) is 11.7 Å². The molecule has 3 heteroatoms. The number of phenolic OH excluding ortho intramolecular Hbond substituents is 1. The number of rotatable bonds is 2. The van der Waals surface area contributed by atoms with E-state index in [1.165, 1.54) is 18.4 Å². The van der Waals surface area contributed by atoms with Gasteiger partial charge in [-0.3, -0.25) is 0 Å². The molecule has 0 aliphatic carbocycles. The predicted molar refractivity (Wildman–Crippen MR) is 63.3 cm³/mol. The first-order valence-electron chi connectivity index (χ1n) is 6.04. The summed E-state index contributed by atoms with van der Waals surface area (Å²) >= 11 is 0. The summed E-state index contributed by atoms with van der Waals surface area (Å²) in [5.41, 5.74) is 7.12. The molecule has 4 atom stereocenters. The maximum absolute atomic E-state index is 9.55. The molecular weight excluding hydrogens is 200 g/mol. The molecule has 2 aliphatic heterocycles. The summed E-state index contributed by atoms with van der Waals surface area (Å²) in [5.74, 6) is 1.37. The Balaban J connectivity index is 1.94. The first kappa shape index (κ1) is 10.1. The minimum absolute atomic E-state index is 0.357. The molecular formula is C13H18N2O. The van der Waals surface area contributed by atoms with Crippen LogP contribution < -0.4 is 11.1 Å². The Morgan fingerprint density at radius 2 is 2.12 bits per heavy atom. The number of aromatic hydroxyl groups is 1. The smallest absolute Gasteiger partial charge is 0.115 e. The van der Waals surface area contributed by atoms with Crippen LogP contribution >= 0.6 is 0 Å². The van der Waals surface area contributed by atoms with E-state index in [9.17, 15) is 5.11 Å². The zero-order chi connectivity index (χ0) is 11.1. The van der Waals surface area contributed by atoms with Gasteiger partial charge in [-0.25, -0.2) is 0 Å². The standard InChI is InChI=1S/C13H18N2O/c14-7-10-11-4-5-12(15-11)13(10)8-2-1-3-9(16)6-8/h1-3,6,10-13,15-16H,4-5,7,14H2. The highest BCUT2D eigenvalue weighted by molar-refractivity contribution is 5.33. The van der Waals surface area contributed by atoms with E-state index >= 15 is 0 Å². The molecule has 16 heavy (non-hydrogen) atoms. The summed E-state index contributed by atoms with van der Waals surface area (Å²) < 4.78 is 0. The number of hydrogen-bond donors (Lipinski definition) is 3. The molecule has 0 saturated carbocycles. The van der Waals surface area contributed by atoms with E-state index < -0.39 is 0 Å². The first-order chi connectivity index (χ1) is 7.79. The van der Waals surface area contributed by atoms with Gasteiger partial charge in [0, 0.05) is 18.0 Å². The summed E-state index contributed by atoms with van der Waals surface area (Å²) in [4.78, 5) is 0. The third kappa shape index (κ3) is 1.43. The van der Waals surface area contributed by atoms with Gasteiger partial charge in [0.1, 0.15) is 5.75 Å². The largest absolute Gasteiger partial charge is 0.508 e. The second-order valence-electron chi connectivity index (χ2n) is 4.98. The molecule has 3 rings (SSSR count). The van der Waals surface area contributed by atoms with E-state index in [1.807, 2.05) is 12.1 Å². The lowest BCUT2D eigenvalue weighted by Crippen LogP contribution is -2.31. The van der Waals surface area contributed by atoms with Gasteiger partial charge in [0.05, 0.1) is 0 Å². The monoisotopic (exact) mass is 218 g/mol. The fraction of sp³-hybridized carbons (Fsp3) is 0.538. The van der Waals surface area contributed by atoms with Crippen molar-refractivity contribution >= 4 is 0 Å². The van der Waals surface area contributed by atoms with Crippen molar-refractivity contribution in [3.05, 3.63) is 29.8 Å². The molecule has 3 nitrogen and oxygen atoms in total. The van der Waals surface area contributed by atoms with E-state index in [2.05, 4.69) is 11.4 Å². The van der Waals surface area contributed by atoms with Crippen molar-refractivity contribution in [2.45, 2.75) is 30.8 Å². The molecule has 1 aromatic carbocycles. The lowest BCUT2D eigenvalue weighted by Gasteiger charge is -2.28. The van der Waals surface area contributed by atoms with Crippen LogP contribution in [0.2, 0.25) is 0 Å². The van der Waals surface area contributed by atoms with Crippen LogP contribution in [0.25, 0.3) is 0 Å². The van der Waals surface area contributed by atoms with Crippen LogP contribution in [0.15, 0.2) is 24.3 Å². The van der Waals surface area contributed by atoms with Crippen LogP contribution in [0.4, 0.5) is 0 Å². The Bertz CT molecular complexity index is 393. The number of hydrogen-bond acceptors (Lipinski definition) is 3. The van der Waals surface area contributed by atoms with E-state index in [4.69, 9.17) is 5.73 Å². The maximum Gasteiger partial charge on any atom is 0.115 e. The molecule has 2 aliphatic rings. The van der Waals surface area contributed by atoms with Crippen molar-refractivity contribution in [3.63, 3.8) is 0 Å². The molecule has 0 radical (unpaired) electrons. The molecule has 0 amide bonds. The highest BCUT2D eigenvalue weighted by Crippen LogP contribution is 2.44. The second-order valence-corrected chi connectivity index (χ2v) is 4.98. The molecule has 4 N–H and O–H groups in total. The third-order valence-corrected chi connectivity index (χ3v) is 4.16. The van der Waals surface area contributed by atoms with Crippen LogP contribution in [-0.2, 0) is 0 Å². The van der Waals surface area contributed by atoms with Crippen LogP contribution in [0.3, 0.4) is 0 Å². The quantitative estimate of drug-likeness (QED) is 0.698. The van der Waals surface area contributed by atoms with Gasteiger partial charge < -0.3 is 16.2 Å². The van der Waals surface area contributed by atoms with E-state index in [-0.39, 0.29) is 0 Å². The molecule has 2 fully saturated rings. The highest BCUT2D eigenvalue weighted by atomic mass is 16.3. The molecule has 86 valence electrons. The lowest BCUT2D eigenvalue weighted by molar-refractivity contribution is 0.364. The minimum Gasteiger partial charge on any atom is -0.508 e. The average Bonchev–Trinajstić information content (AvgIpc) is 2.88. The highest BCUT2D eigenvalue weighted by Gasteiger charge is 2.46. The number of fused-ring (bicyclic) bond motifs is 2. The maximum atomic E-state index is 9.55. The van der Waals surface area contributed by atoms with Crippen LogP contribution in [0, 0.1) is 5.92 Å². The first-order valence-corrected chi connectivity index (χ1v) is 6.04. The molecule has 2 saturated heterocycles. The summed E-state index contributed by atoms with van der Waals surface area (Å²) in [6.45, 7) is 0.731. The molecule has 1 aromatic rings. The van der Waals surface area contributed by atoms with Crippen molar-refractivity contribution in [1.29, 1.82) is 0 Å². The summed E-state index contributed by atoms with van der Waals surface area (Å²) in [6.07, 6.45) is 2.49. The fourth-order valence-electron chi connectivity index (χ4n) is 3.49. The zero-order valence-electron chi connectivity index (χ0n) is 9.26. The Labute approximate surface area is 95.7 Å². The van der Waals surface area contributed by atoms with Crippen LogP contribution in [0.1, 0.15) is 24.3 Å². The zero-order valence-corrected chi connectivity index (χ0v) is 9.26. The van der Waals surface area contributed by atoms with Gasteiger partial charge in [0.2, 0.25) is 0 Å². The lowest BCUT2D eigenvalue weighted by atomic mass is 9.75. The number of benzene rings is 1. The Morgan fingerprint density at radius 3 is 2.88 bits per heavy atom. The minimum atomic E-state index is 0.357. The third-order valence-electron chi connectivity index (χ3n) is 4.16. The molecule has 2 bridgehead atoms. The predicted octanol–water partition coefficient (Wildman–Crippen LogP) is 1.18. The van der Waals surface area contributed by atoms with E-state index in [1.54, 1.807) is 6.07 Å². The van der Waals surface area contributed by atoms with Gasteiger partial charge in [-0.05, 0) is 43.0 Å². The van der Waals surface area contributed by atoms with E-state index in [0.29, 0.717) is 29.7 Å². The normalized spacial score (nSPS) is 36.8. The van der Waals surface area contributed by atoms with Crippen molar-refractivity contribution in [3.8, 4) is 5.75 Å². The molecule has 0 spiro atoms. The van der Waals surface area contributed by atoms with Crippen LogP contribution in [-0.4, -0.2) is 23.7 Å². The number of nitrogens with one attached hydrogen (secondary N) is 1. The summed E-state index contributed by atoms with van der Waals surface area (Å²) in [7, 11) is 0. The Hall–Kier alpha value is -1.06. The number of nitrogens with two attached hydrogens (primary N) is 1. The van der Waals surface area contributed by atoms with Crippen molar-refractivity contribution in [2.75, 3.05) is 6.54 Å². The van der Waals surface area contributed by atoms with Gasteiger partial charge in [-0.1, -0.05) is 12.1 Å². The van der Waals surface area contributed by atoms with Gasteiger partial charge in [-0.2, -0.15) is 0 Å². The molecule has 4 unspecified atom stereocenters. The topological polar surface area (TPSA) is 58.3 Å². The van der Waals surface area contributed by atoms with Gasteiger partial charge >= 0.3 is 0 Å². The summed E-state index contributed by atoms with van der Waals surface area (Å²) in [5, 5.41) is 13.2. The SMILES string of the molecule is NCC1C2CCC(N2)C1c1cccc(O)c1. The van der Waals surface area contributed by atoms with Crippen LogP contribution in [0.5, 0.6) is 5.75 Å². The van der Waals surface area contributed by atoms with Gasteiger partial charge in [0.25, 0.3) is 0 Å². The van der Waals surface area contributed by atoms with Crippen molar-refractivity contribution in [1.82, 2.24) is 5.32 Å². The molecule has 2 heterocycles. The second kappa shape index (κ2) is 3.75. The van der Waals surface area contributed by atoms with Gasteiger partial charge in [-0.15, -0.1) is 0 Å².